The Labute approximate surface area is 155 Å². The summed E-state index contributed by atoms with van der Waals surface area (Å²) in [6.07, 6.45) is 0. The van der Waals surface area contributed by atoms with Crippen LogP contribution in [-0.2, 0) is 13.1 Å². The molecule has 4 rings (SSSR count). The normalized spacial score (nSPS) is 10.8. The van der Waals surface area contributed by atoms with Crippen LogP contribution in [0.15, 0.2) is 77.4 Å². The molecule has 0 radical (unpaired) electrons. The molecule has 3 aromatic carbocycles. The number of benzene rings is 3. The average Bonchev–Trinajstić information content (AvgIpc) is 3.17. The summed E-state index contributed by atoms with van der Waals surface area (Å²) in [5.74, 6) is 0. The van der Waals surface area contributed by atoms with Crippen molar-refractivity contribution in [2.45, 2.75) is 13.1 Å². The quantitative estimate of drug-likeness (QED) is 0.376. The molecule has 27 heavy (non-hydrogen) atoms. The molecule has 0 bridgehead atoms. The Morgan fingerprint density at radius 1 is 0.852 bits per heavy atom. The minimum absolute atomic E-state index is 0.0967. The number of fused-ring (bicyclic) bond motifs is 1. The van der Waals surface area contributed by atoms with Gasteiger partial charge in [-0.2, -0.15) is 0 Å². The molecule has 134 valence electrons. The predicted molar refractivity (Wildman–Crippen MR) is 101 cm³/mol. The van der Waals surface area contributed by atoms with Gasteiger partial charge in [0.25, 0.3) is 0 Å². The van der Waals surface area contributed by atoms with Crippen molar-refractivity contribution in [1.82, 2.24) is 10.3 Å². The van der Waals surface area contributed by atoms with E-state index in [9.17, 15) is 10.1 Å². The molecule has 0 aliphatic heterocycles. The molecule has 7 heteroatoms. The fourth-order valence-corrected chi connectivity index (χ4v) is 3.10. The first kappa shape index (κ1) is 16.7. The number of hydrogen-bond donors (Lipinski definition) is 0. The third kappa shape index (κ3) is 3.48. The summed E-state index contributed by atoms with van der Waals surface area (Å²) in [5, 5.41) is 19.3. The lowest BCUT2D eigenvalue weighted by Crippen LogP contribution is -2.23. The van der Waals surface area contributed by atoms with Crippen molar-refractivity contribution in [2.75, 3.05) is 4.90 Å². The maximum Gasteiger partial charge on any atom is 0.323 e. The summed E-state index contributed by atoms with van der Waals surface area (Å²) in [4.78, 5) is 13.4. The molecule has 0 spiro atoms. The molecule has 4 aromatic rings. The summed E-state index contributed by atoms with van der Waals surface area (Å²) >= 11 is 0. The Bertz CT molecular complexity index is 1020. The smallest absolute Gasteiger partial charge is 0.323 e. The largest absolute Gasteiger partial charge is 0.357 e. The maximum atomic E-state index is 11.8. The van der Waals surface area contributed by atoms with Crippen LogP contribution < -0.4 is 4.90 Å². The van der Waals surface area contributed by atoms with Gasteiger partial charge in [-0.1, -0.05) is 60.7 Å². The highest BCUT2D eigenvalue weighted by Crippen LogP contribution is 2.35. The van der Waals surface area contributed by atoms with Gasteiger partial charge in [0, 0.05) is 13.1 Å². The summed E-state index contributed by atoms with van der Waals surface area (Å²) in [7, 11) is 0. The SMILES string of the molecule is O=[N+]([O-])c1c(N(Cc2ccccc2)Cc2ccccc2)ccc2nonc12. The van der Waals surface area contributed by atoms with Crippen LogP contribution in [0.4, 0.5) is 11.4 Å². The first-order valence-corrected chi connectivity index (χ1v) is 8.45. The first-order valence-electron chi connectivity index (χ1n) is 8.45. The van der Waals surface area contributed by atoms with Gasteiger partial charge in [0.1, 0.15) is 11.2 Å². The van der Waals surface area contributed by atoms with Gasteiger partial charge in [-0.3, -0.25) is 10.1 Å². The summed E-state index contributed by atoms with van der Waals surface area (Å²) in [6, 6.07) is 23.1. The molecule has 7 nitrogen and oxygen atoms in total. The zero-order chi connectivity index (χ0) is 18.6. The van der Waals surface area contributed by atoms with E-state index in [-0.39, 0.29) is 11.2 Å². The van der Waals surface area contributed by atoms with Gasteiger partial charge in [-0.15, -0.1) is 0 Å². The van der Waals surface area contributed by atoms with Crippen molar-refractivity contribution < 1.29 is 9.55 Å². The second-order valence-corrected chi connectivity index (χ2v) is 6.15. The Morgan fingerprint density at radius 3 is 2.00 bits per heavy atom. The van der Waals surface area contributed by atoms with Crippen molar-refractivity contribution in [3.8, 4) is 0 Å². The zero-order valence-electron chi connectivity index (χ0n) is 14.4. The van der Waals surface area contributed by atoms with Crippen LogP contribution in [0.2, 0.25) is 0 Å². The van der Waals surface area contributed by atoms with Crippen LogP contribution in [0.25, 0.3) is 11.0 Å². The fraction of sp³-hybridized carbons (Fsp3) is 0.100. The standard InChI is InChI=1S/C20H16N4O3/c25-24(26)20-18(12-11-17-19(20)22-27-21-17)23(13-15-7-3-1-4-8-15)14-16-9-5-2-6-10-16/h1-12H,13-14H2. The Morgan fingerprint density at radius 2 is 1.44 bits per heavy atom. The van der Waals surface area contributed by atoms with Gasteiger partial charge >= 0.3 is 5.69 Å². The van der Waals surface area contributed by atoms with E-state index in [1.54, 1.807) is 12.1 Å². The molecular weight excluding hydrogens is 344 g/mol. The van der Waals surface area contributed by atoms with Crippen molar-refractivity contribution in [3.63, 3.8) is 0 Å². The van der Waals surface area contributed by atoms with Crippen molar-refractivity contribution in [1.29, 1.82) is 0 Å². The van der Waals surface area contributed by atoms with Crippen molar-refractivity contribution >= 4 is 22.4 Å². The predicted octanol–water partition coefficient (Wildman–Crippen LogP) is 4.34. The van der Waals surface area contributed by atoms with E-state index in [4.69, 9.17) is 4.63 Å². The summed E-state index contributed by atoms with van der Waals surface area (Å²) < 4.78 is 4.70. The van der Waals surface area contributed by atoms with Crippen LogP contribution in [-0.4, -0.2) is 15.2 Å². The van der Waals surface area contributed by atoms with E-state index >= 15 is 0 Å². The van der Waals surface area contributed by atoms with E-state index < -0.39 is 4.92 Å². The molecule has 0 aliphatic rings. The molecule has 1 aromatic heterocycles. The summed E-state index contributed by atoms with van der Waals surface area (Å²) in [5.41, 5.74) is 3.02. The number of aromatic nitrogens is 2. The lowest BCUT2D eigenvalue weighted by Gasteiger charge is -2.25. The molecular formula is C20H16N4O3. The highest BCUT2D eigenvalue weighted by molar-refractivity contribution is 5.91. The third-order valence-electron chi connectivity index (χ3n) is 4.34. The van der Waals surface area contributed by atoms with Gasteiger partial charge in [0.2, 0.25) is 5.52 Å². The second kappa shape index (κ2) is 7.25. The van der Waals surface area contributed by atoms with E-state index in [1.165, 1.54) is 0 Å². The van der Waals surface area contributed by atoms with Crippen LogP contribution in [0.3, 0.4) is 0 Å². The molecule has 0 aliphatic carbocycles. The molecule has 0 atom stereocenters. The number of nitro groups is 1. The van der Waals surface area contributed by atoms with Gasteiger partial charge in [0.05, 0.1) is 4.92 Å². The van der Waals surface area contributed by atoms with E-state index in [1.807, 2.05) is 65.6 Å². The Hall–Kier alpha value is -3.74. The minimum Gasteiger partial charge on any atom is -0.357 e. The van der Waals surface area contributed by atoms with Gasteiger partial charge < -0.3 is 4.90 Å². The lowest BCUT2D eigenvalue weighted by atomic mass is 10.1. The van der Waals surface area contributed by atoms with E-state index in [2.05, 4.69) is 10.3 Å². The maximum absolute atomic E-state index is 11.8. The van der Waals surface area contributed by atoms with Crippen LogP contribution in [0.5, 0.6) is 0 Å². The molecule has 0 amide bonds. The molecule has 0 saturated heterocycles. The molecule has 0 fully saturated rings. The van der Waals surface area contributed by atoms with E-state index in [0.717, 1.165) is 11.1 Å². The van der Waals surface area contributed by atoms with Crippen molar-refractivity contribution in [2.24, 2.45) is 0 Å². The van der Waals surface area contributed by atoms with Gasteiger partial charge in [-0.25, -0.2) is 4.63 Å². The van der Waals surface area contributed by atoms with Gasteiger partial charge in [0.15, 0.2) is 0 Å². The van der Waals surface area contributed by atoms with Crippen LogP contribution in [0.1, 0.15) is 11.1 Å². The topological polar surface area (TPSA) is 85.3 Å². The second-order valence-electron chi connectivity index (χ2n) is 6.15. The molecule has 0 unspecified atom stereocenters. The van der Waals surface area contributed by atoms with Crippen molar-refractivity contribution in [3.05, 3.63) is 94.0 Å². The van der Waals surface area contributed by atoms with Gasteiger partial charge in [-0.05, 0) is 33.6 Å². The Kier molecular flexibility index (Phi) is 4.49. The van der Waals surface area contributed by atoms with Crippen LogP contribution >= 0.6 is 0 Å². The third-order valence-corrected chi connectivity index (χ3v) is 4.34. The average molecular weight is 360 g/mol. The zero-order valence-corrected chi connectivity index (χ0v) is 14.4. The minimum atomic E-state index is -0.426. The number of nitro benzene ring substituents is 1. The molecule has 0 saturated carbocycles. The highest BCUT2D eigenvalue weighted by Gasteiger charge is 2.26. The lowest BCUT2D eigenvalue weighted by molar-refractivity contribution is -0.382. The number of hydrogen-bond acceptors (Lipinski definition) is 6. The van der Waals surface area contributed by atoms with E-state index in [0.29, 0.717) is 24.3 Å². The molecule has 1 heterocycles. The first-order chi connectivity index (χ1) is 13.2. The number of nitrogens with zero attached hydrogens (tertiary/aromatic N) is 4. The number of rotatable bonds is 6. The monoisotopic (exact) mass is 360 g/mol. The highest BCUT2D eigenvalue weighted by atomic mass is 16.6. The summed E-state index contributed by atoms with van der Waals surface area (Å²) in [6.45, 7) is 1.04. The van der Waals surface area contributed by atoms with Crippen LogP contribution in [0, 0.1) is 10.1 Å². The fourth-order valence-electron chi connectivity index (χ4n) is 3.10. The number of anilines is 1. The molecule has 0 N–H and O–H groups in total. The Balaban J connectivity index is 1.81.